The zero-order chi connectivity index (χ0) is 13.7. The predicted molar refractivity (Wildman–Crippen MR) is 69.9 cm³/mol. The molecule has 1 amide bonds. The maximum Gasteiger partial charge on any atom is 0.294 e. The first kappa shape index (κ1) is 13.2. The van der Waals surface area contributed by atoms with Crippen molar-refractivity contribution in [3.8, 4) is 5.75 Å². The summed E-state index contributed by atoms with van der Waals surface area (Å²) < 4.78 is 5.48. The van der Waals surface area contributed by atoms with Gasteiger partial charge in [-0.05, 0) is 24.3 Å². The molecule has 0 unspecified atom stereocenters. The molecule has 7 heteroatoms. The number of rotatable bonds is 5. The van der Waals surface area contributed by atoms with Gasteiger partial charge in [0.15, 0.2) is 5.01 Å². The molecule has 0 bridgehead atoms. The maximum atomic E-state index is 11.2. The highest BCUT2D eigenvalue weighted by molar-refractivity contribution is 7.11. The second-order valence-electron chi connectivity index (χ2n) is 3.59. The highest BCUT2D eigenvalue weighted by Crippen LogP contribution is 2.15. The highest BCUT2D eigenvalue weighted by Gasteiger charge is 2.09. The van der Waals surface area contributed by atoms with Gasteiger partial charge in [0.05, 0.1) is 5.69 Å². The Balaban J connectivity index is 1.96. The molecule has 6 nitrogen and oxygen atoms in total. The summed E-state index contributed by atoms with van der Waals surface area (Å²) in [5.41, 5.74) is 3.24. The number of nitrogen functional groups attached to an aromatic ring is 1. The van der Waals surface area contributed by atoms with Crippen LogP contribution in [0.5, 0.6) is 5.75 Å². The Hall–Kier alpha value is -2.25. The van der Waals surface area contributed by atoms with Crippen LogP contribution in [-0.2, 0) is 6.61 Å². The number of nitrogens with zero attached hydrogens (tertiary/aromatic N) is 1. The average molecular weight is 277 g/mol. The topological polar surface area (TPSA) is 94.3 Å². The molecule has 19 heavy (non-hydrogen) atoms. The minimum absolute atomic E-state index is 0.245. The molecule has 2 aromatic rings. The number of thiazole rings is 1. The highest BCUT2D eigenvalue weighted by atomic mass is 32.1. The summed E-state index contributed by atoms with van der Waals surface area (Å²) in [4.78, 5) is 25.8. The van der Waals surface area contributed by atoms with Gasteiger partial charge in [-0.15, -0.1) is 11.3 Å². The van der Waals surface area contributed by atoms with Gasteiger partial charge in [0, 0.05) is 10.9 Å². The number of carbonyl (C=O) groups is 2. The lowest BCUT2D eigenvalue weighted by Gasteiger charge is -2.03. The number of hydrazine groups is 1. The molecular formula is C12H11N3O3S. The molecular weight excluding hydrogens is 266 g/mol. The first-order valence-corrected chi connectivity index (χ1v) is 6.24. The van der Waals surface area contributed by atoms with E-state index in [2.05, 4.69) is 4.98 Å². The van der Waals surface area contributed by atoms with Gasteiger partial charge in [0.2, 0.25) is 0 Å². The Labute approximate surface area is 113 Å². The number of nitrogens with one attached hydrogen (secondary N) is 1. The molecule has 0 saturated carbocycles. The first-order chi connectivity index (χ1) is 9.22. The smallest absolute Gasteiger partial charge is 0.294 e. The normalized spacial score (nSPS) is 9.95. The fourth-order valence-electron chi connectivity index (χ4n) is 1.34. The molecule has 3 N–H and O–H groups in total. The summed E-state index contributed by atoms with van der Waals surface area (Å²) in [6, 6.07) is 6.72. The van der Waals surface area contributed by atoms with Crippen LogP contribution in [0.3, 0.4) is 0 Å². The molecule has 0 fully saturated rings. The van der Waals surface area contributed by atoms with Crippen molar-refractivity contribution in [2.45, 2.75) is 6.61 Å². The van der Waals surface area contributed by atoms with Gasteiger partial charge < -0.3 is 4.74 Å². The fraction of sp³-hybridized carbons (Fsp3) is 0.0833. The minimum Gasteiger partial charge on any atom is -0.487 e. The van der Waals surface area contributed by atoms with E-state index >= 15 is 0 Å². The number of carbonyl (C=O) groups excluding carboxylic acids is 2. The number of nitrogens with two attached hydrogens (primary N) is 1. The SMILES string of the molecule is NNC(=O)c1nc(COc2ccc(C=O)cc2)cs1. The Bertz CT molecular complexity index is 580. The van der Waals surface area contributed by atoms with Crippen LogP contribution in [0.1, 0.15) is 25.9 Å². The van der Waals surface area contributed by atoms with Crippen LogP contribution in [0, 0.1) is 0 Å². The Morgan fingerprint density at radius 2 is 2.16 bits per heavy atom. The number of hydrogen-bond donors (Lipinski definition) is 2. The predicted octanol–water partition coefficient (Wildman–Crippen LogP) is 1.14. The Morgan fingerprint density at radius 3 is 2.79 bits per heavy atom. The largest absolute Gasteiger partial charge is 0.487 e. The Morgan fingerprint density at radius 1 is 1.42 bits per heavy atom. The molecule has 0 aliphatic carbocycles. The molecule has 0 saturated heterocycles. The molecule has 0 spiro atoms. The van der Waals surface area contributed by atoms with Gasteiger partial charge >= 0.3 is 0 Å². The van der Waals surface area contributed by atoms with E-state index in [-0.39, 0.29) is 11.6 Å². The minimum atomic E-state index is -0.424. The lowest BCUT2D eigenvalue weighted by Crippen LogP contribution is -2.29. The summed E-state index contributed by atoms with van der Waals surface area (Å²) in [5.74, 6) is 5.22. The van der Waals surface area contributed by atoms with Crippen LogP contribution in [-0.4, -0.2) is 17.2 Å². The molecule has 1 heterocycles. The van der Waals surface area contributed by atoms with Crippen LogP contribution >= 0.6 is 11.3 Å². The number of aldehydes is 1. The molecule has 0 radical (unpaired) electrons. The average Bonchev–Trinajstić information content (AvgIpc) is 2.93. The zero-order valence-corrected chi connectivity index (χ0v) is 10.6. The van der Waals surface area contributed by atoms with Crippen molar-refractivity contribution in [1.82, 2.24) is 10.4 Å². The molecule has 0 aliphatic rings. The van der Waals surface area contributed by atoms with Crippen LogP contribution in [0.15, 0.2) is 29.6 Å². The maximum absolute atomic E-state index is 11.2. The molecule has 98 valence electrons. The van der Waals surface area contributed by atoms with Crippen molar-refractivity contribution < 1.29 is 14.3 Å². The summed E-state index contributed by atoms with van der Waals surface area (Å²) in [6.07, 6.45) is 0.766. The lowest BCUT2D eigenvalue weighted by molar-refractivity contribution is 0.0952. The quantitative estimate of drug-likeness (QED) is 0.370. The van der Waals surface area contributed by atoms with E-state index in [1.165, 1.54) is 11.3 Å². The fourth-order valence-corrected chi connectivity index (χ4v) is 2.04. The lowest BCUT2D eigenvalue weighted by atomic mass is 10.2. The van der Waals surface area contributed by atoms with Crippen LogP contribution < -0.4 is 16.0 Å². The van der Waals surface area contributed by atoms with E-state index in [0.717, 1.165) is 6.29 Å². The van der Waals surface area contributed by atoms with E-state index in [1.807, 2.05) is 5.43 Å². The van der Waals surface area contributed by atoms with Gasteiger partial charge in [-0.2, -0.15) is 0 Å². The van der Waals surface area contributed by atoms with Crippen molar-refractivity contribution in [1.29, 1.82) is 0 Å². The zero-order valence-electron chi connectivity index (χ0n) is 9.83. The van der Waals surface area contributed by atoms with Crippen molar-refractivity contribution in [3.05, 3.63) is 45.9 Å². The van der Waals surface area contributed by atoms with Gasteiger partial charge in [-0.3, -0.25) is 15.0 Å². The van der Waals surface area contributed by atoms with E-state index in [1.54, 1.807) is 29.6 Å². The van der Waals surface area contributed by atoms with E-state index in [0.29, 0.717) is 17.0 Å². The van der Waals surface area contributed by atoms with Crippen molar-refractivity contribution in [2.24, 2.45) is 5.84 Å². The number of amides is 1. The summed E-state index contributed by atoms with van der Waals surface area (Å²) in [6.45, 7) is 0.245. The number of aromatic nitrogens is 1. The van der Waals surface area contributed by atoms with Crippen molar-refractivity contribution >= 4 is 23.5 Å². The van der Waals surface area contributed by atoms with Crippen molar-refractivity contribution in [3.63, 3.8) is 0 Å². The summed E-state index contributed by atoms with van der Waals surface area (Å²) >= 11 is 1.19. The van der Waals surface area contributed by atoms with Crippen molar-refractivity contribution in [2.75, 3.05) is 0 Å². The number of benzene rings is 1. The van der Waals surface area contributed by atoms with E-state index in [4.69, 9.17) is 10.6 Å². The summed E-state index contributed by atoms with van der Waals surface area (Å²) in [5, 5.41) is 2.02. The van der Waals surface area contributed by atoms with Gasteiger partial charge in [-0.1, -0.05) is 0 Å². The van der Waals surface area contributed by atoms with E-state index in [9.17, 15) is 9.59 Å². The van der Waals surface area contributed by atoms with Gasteiger partial charge in [-0.25, -0.2) is 10.8 Å². The standard InChI is InChI=1S/C12H11N3O3S/c13-15-11(17)12-14-9(7-19-12)6-18-10-3-1-8(5-16)2-4-10/h1-5,7H,6,13H2,(H,15,17). The molecule has 2 rings (SSSR count). The first-order valence-electron chi connectivity index (χ1n) is 5.36. The molecule has 1 aromatic heterocycles. The number of hydrogen-bond acceptors (Lipinski definition) is 6. The molecule has 0 aliphatic heterocycles. The summed E-state index contributed by atoms with van der Waals surface area (Å²) in [7, 11) is 0. The molecule has 0 atom stereocenters. The van der Waals surface area contributed by atoms with E-state index < -0.39 is 5.91 Å². The molecule has 1 aromatic carbocycles. The second kappa shape index (κ2) is 6.07. The second-order valence-corrected chi connectivity index (χ2v) is 4.45. The van der Waals surface area contributed by atoms with Gasteiger partial charge in [0.1, 0.15) is 18.6 Å². The third kappa shape index (κ3) is 3.36. The third-order valence-electron chi connectivity index (χ3n) is 2.28. The monoisotopic (exact) mass is 277 g/mol. The van der Waals surface area contributed by atoms with Crippen LogP contribution in [0.4, 0.5) is 0 Å². The van der Waals surface area contributed by atoms with Crippen LogP contribution in [0.25, 0.3) is 0 Å². The van der Waals surface area contributed by atoms with Gasteiger partial charge in [0.25, 0.3) is 5.91 Å². The number of ether oxygens (including phenoxy) is 1. The Kier molecular flexibility index (Phi) is 4.22. The van der Waals surface area contributed by atoms with Crippen LogP contribution in [0.2, 0.25) is 0 Å². The third-order valence-corrected chi connectivity index (χ3v) is 3.17.